The summed E-state index contributed by atoms with van der Waals surface area (Å²) in [6.45, 7) is 4.69. The molecule has 2 rings (SSSR count). The fraction of sp³-hybridized carbons (Fsp3) is 0.625. The minimum atomic E-state index is -3.79. The summed E-state index contributed by atoms with van der Waals surface area (Å²) in [4.78, 5) is -0.0444. The largest absolute Gasteiger partial charge is 0.495 e. The minimum absolute atomic E-state index is 0.0444. The van der Waals surface area contributed by atoms with Crippen LogP contribution in [0.1, 0.15) is 33.1 Å². The van der Waals surface area contributed by atoms with E-state index in [9.17, 15) is 16.8 Å². The Morgan fingerprint density at radius 2 is 2.00 bits per heavy atom. The summed E-state index contributed by atoms with van der Waals surface area (Å²) in [6.07, 6.45) is 2.08. The van der Waals surface area contributed by atoms with Gasteiger partial charge in [-0.1, -0.05) is 13.8 Å². The molecule has 1 aliphatic rings. The first-order chi connectivity index (χ1) is 11.7. The molecule has 0 aromatic heterocycles. The van der Waals surface area contributed by atoms with E-state index < -0.39 is 20.0 Å². The molecule has 0 unspecified atom stereocenters. The maximum absolute atomic E-state index is 12.6. The molecule has 142 valence electrons. The maximum atomic E-state index is 12.6. The Labute approximate surface area is 150 Å². The summed E-state index contributed by atoms with van der Waals surface area (Å²) >= 11 is 0. The molecule has 1 N–H and O–H groups in total. The topological polar surface area (TPSA) is 92.8 Å². The van der Waals surface area contributed by atoms with Crippen molar-refractivity contribution in [1.29, 1.82) is 0 Å². The number of methoxy groups -OCH3 is 1. The molecular weight excluding hydrogens is 364 g/mol. The van der Waals surface area contributed by atoms with E-state index in [4.69, 9.17) is 4.74 Å². The fourth-order valence-corrected chi connectivity index (χ4v) is 5.53. The number of nitrogens with one attached hydrogen (secondary N) is 1. The third-order valence-corrected chi connectivity index (χ3v) is 7.44. The third kappa shape index (κ3) is 4.86. The number of ether oxygens (including phenoxy) is 1. The highest BCUT2D eigenvalue weighted by Gasteiger charge is 2.28. The van der Waals surface area contributed by atoms with Gasteiger partial charge in [-0.05, 0) is 43.4 Å². The van der Waals surface area contributed by atoms with Gasteiger partial charge in [-0.25, -0.2) is 21.6 Å². The van der Waals surface area contributed by atoms with Crippen LogP contribution in [0.5, 0.6) is 5.75 Å². The van der Waals surface area contributed by atoms with Crippen molar-refractivity contribution in [2.45, 2.75) is 38.0 Å². The van der Waals surface area contributed by atoms with Gasteiger partial charge in [-0.3, -0.25) is 4.31 Å². The van der Waals surface area contributed by atoms with Crippen LogP contribution in [0.3, 0.4) is 0 Å². The Balaban J connectivity index is 2.37. The Hall–Kier alpha value is -1.32. The van der Waals surface area contributed by atoms with Crippen molar-refractivity contribution in [1.82, 2.24) is 4.72 Å². The molecule has 1 aromatic carbocycles. The molecule has 0 bridgehead atoms. The summed E-state index contributed by atoms with van der Waals surface area (Å²) in [5, 5.41) is 0. The van der Waals surface area contributed by atoms with Crippen molar-refractivity contribution >= 4 is 25.7 Å². The molecular formula is C16H26N2O5S2. The highest BCUT2D eigenvalue weighted by atomic mass is 32.2. The zero-order valence-corrected chi connectivity index (χ0v) is 16.5. The van der Waals surface area contributed by atoms with Crippen LogP contribution in [0.25, 0.3) is 0 Å². The Bertz CT molecular complexity index is 804. The van der Waals surface area contributed by atoms with E-state index in [1.54, 1.807) is 6.07 Å². The summed E-state index contributed by atoms with van der Waals surface area (Å²) in [5.74, 6) is 0.637. The molecule has 0 amide bonds. The van der Waals surface area contributed by atoms with Gasteiger partial charge in [-0.15, -0.1) is 0 Å². The molecule has 0 saturated carbocycles. The van der Waals surface area contributed by atoms with E-state index >= 15 is 0 Å². The molecule has 0 radical (unpaired) electrons. The van der Waals surface area contributed by atoms with Gasteiger partial charge in [0.15, 0.2) is 0 Å². The van der Waals surface area contributed by atoms with Crippen molar-refractivity contribution in [2.75, 3.05) is 30.3 Å². The van der Waals surface area contributed by atoms with Crippen LogP contribution < -0.4 is 13.8 Å². The first kappa shape index (κ1) is 20.0. The van der Waals surface area contributed by atoms with Gasteiger partial charge in [0, 0.05) is 13.1 Å². The molecule has 9 heteroatoms. The van der Waals surface area contributed by atoms with Gasteiger partial charge in [-0.2, -0.15) is 0 Å². The van der Waals surface area contributed by atoms with Gasteiger partial charge in [0.05, 0.1) is 18.6 Å². The number of benzene rings is 1. The van der Waals surface area contributed by atoms with Gasteiger partial charge in [0.1, 0.15) is 10.6 Å². The maximum Gasteiger partial charge on any atom is 0.244 e. The molecule has 0 atom stereocenters. The van der Waals surface area contributed by atoms with Crippen molar-refractivity contribution in [3.8, 4) is 5.75 Å². The van der Waals surface area contributed by atoms with Crippen LogP contribution in [-0.2, 0) is 20.0 Å². The fourth-order valence-electron chi connectivity index (χ4n) is 2.67. The van der Waals surface area contributed by atoms with Crippen LogP contribution in [0, 0.1) is 5.92 Å². The van der Waals surface area contributed by atoms with E-state index in [-0.39, 0.29) is 16.4 Å². The molecule has 0 aliphatic carbocycles. The molecule has 1 aromatic rings. The molecule has 25 heavy (non-hydrogen) atoms. The molecule has 1 saturated heterocycles. The predicted octanol–water partition coefficient (Wildman–Crippen LogP) is 1.95. The van der Waals surface area contributed by atoms with Gasteiger partial charge in [0.2, 0.25) is 20.0 Å². The van der Waals surface area contributed by atoms with Crippen LogP contribution in [0.2, 0.25) is 0 Å². The zero-order chi connectivity index (χ0) is 18.7. The van der Waals surface area contributed by atoms with E-state index in [0.717, 1.165) is 6.42 Å². The number of nitrogens with zero attached hydrogens (tertiary/aromatic N) is 1. The van der Waals surface area contributed by atoms with Gasteiger partial charge >= 0.3 is 0 Å². The number of hydrogen-bond acceptors (Lipinski definition) is 5. The average molecular weight is 391 g/mol. The second-order valence-corrected chi connectivity index (χ2v) is 10.3. The Morgan fingerprint density at radius 1 is 1.28 bits per heavy atom. The zero-order valence-electron chi connectivity index (χ0n) is 14.9. The highest BCUT2D eigenvalue weighted by Crippen LogP contribution is 2.31. The van der Waals surface area contributed by atoms with Crippen molar-refractivity contribution in [3.05, 3.63) is 18.2 Å². The van der Waals surface area contributed by atoms with Gasteiger partial charge < -0.3 is 4.74 Å². The molecule has 7 nitrogen and oxygen atoms in total. The smallest absolute Gasteiger partial charge is 0.244 e. The van der Waals surface area contributed by atoms with Crippen LogP contribution in [0.4, 0.5) is 5.69 Å². The van der Waals surface area contributed by atoms with Crippen LogP contribution in [-0.4, -0.2) is 42.8 Å². The van der Waals surface area contributed by atoms with Crippen molar-refractivity contribution in [3.63, 3.8) is 0 Å². The summed E-state index contributed by atoms with van der Waals surface area (Å²) < 4.78 is 58.8. The first-order valence-corrected chi connectivity index (χ1v) is 11.4. The molecule has 1 fully saturated rings. The lowest BCUT2D eigenvalue weighted by Gasteiger charge is -2.28. The number of rotatable bonds is 7. The second-order valence-electron chi connectivity index (χ2n) is 6.51. The van der Waals surface area contributed by atoms with E-state index in [2.05, 4.69) is 4.72 Å². The Morgan fingerprint density at radius 3 is 2.60 bits per heavy atom. The quantitative estimate of drug-likeness (QED) is 0.768. The van der Waals surface area contributed by atoms with E-state index in [1.165, 1.54) is 23.5 Å². The second kappa shape index (κ2) is 7.92. The first-order valence-electron chi connectivity index (χ1n) is 8.35. The average Bonchev–Trinajstić information content (AvgIpc) is 2.53. The number of sulfonamides is 2. The SMILES string of the molecule is COc1ccc(N2CCCCS2(=O)=O)cc1S(=O)(=O)NCCC(C)C. The third-order valence-electron chi connectivity index (χ3n) is 4.09. The monoisotopic (exact) mass is 390 g/mol. The molecule has 1 heterocycles. The Kier molecular flexibility index (Phi) is 6.34. The molecule has 0 spiro atoms. The summed E-state index contributed by atoms with van der Waals surface area (Å²) in [7, 11) is -5.81. The molecule has 1 aliphatic heterocycles. The summed E-state index contributed by atoms with van der Waals surface area (Å²) in [5.41, 5.74) is 0.352. The van der Waals surface area contributed by atoms with Crippen LogP contribution >= 0.6 is 0 Å². The standard InChI is InChI=1S/C16H26N2O5S2/c1-13(2)8-9-17-25(21,22)16-12-14(6-7-15(16)23-3)18-10-4-5-11-24(18,19)20/h6-7,12-13,17H,4-5,8-11H2,1-3H3. The van der Waals surface area contributed by atoms with E-state index in [0.29, 0.717) is 37.5 Å². The van der Waals surface area contributed by atoms with Crippen LogP contribution in [0.15, 0.2) is 23.1 Å². The predicted molar refractivity (Wildman–Crippen MR) is 98.0 cm³/mol. The van der Waals surface area contributed by atoms with E-state index in [1.807, 2.05) is 13.8 Å². The van der Waals surface area contributed by atoms with Gasteiger partial charge in [0.25, 0.3) is 0 Å². The lowest BCUT2D eigenvalue weighted by Crippen LogP contribution is -2.38. The van der Waals surface area contributed by atoms with Crippen molar-refractivity contribution < 1.29 is 21.6 Å². The normalized spacial score (nSPS) is 17.7. The minimum Gasteiger partial charge on any atom is -0.495 e. The lowest BCUT2D eigenvalue weighted by molar-refractivity contribution is 0.402. The number of anilines is 1. The number of hydrogen-bond donors (Lipinski definition) is 1. The van der Waals surface area contributed by atoms with Crippen molar-refractivity contribution in [2.24, 2.45) is 5.92 Å². The summed E-state index contributed by atoms with van der Waals surface area (Å²) in [6, 6.07) is 4.45. The lowest BCUT2D eigenvalue weighted by atomic mass is 10.1. The highest BCUT2D eigenvalue weighted by molar-refractivity contribution is 7.92.